The monoisotopic (exact) mass is 209 g/mol. The van der Waals surface area contributed by atoms with Gasteiger partial charge in [0, 0.05) is 17.7 Å². The number of hydrogen-bond acceptors (Lipinski definition) is 5. The minimum absolute atomic E-state index is 0.278. The smallest absolute Gasteiger partial charge is 0.252 e. The van der Waals surface area contributed by atoms with Gasteiger partial charge in [0.1, 0.15) is 0 Å². The Morgan fingerprint density at radius 3 is 3.00 bits per heavy atom. The molecule has 0 aliphatic carbocycles. The van der Waals surface area contributed by atoms with Crippen LogP contribution in [0.2, 0.25) is 0 Å². The molecule has 2 rings (SSSR count). The largest absolute Gasteiger partial charge is 0.356 e. The molecule has 0 aromatic carbocycles. The average molecular weight is 209 g/mol. The standard InChI is InChI=1S/C8H11N5O2/c1-4-6(2-5-3-9-13-12-5)10-8(15)11-7(4)14/h3,8,10,15H,2H2,1H3,(H,11,14)(H,9,12,13). The van der Waals surface area contributed by atoms with Gasteiger partial charge in [0.05, 0.1) is 11.9 Å². The zero-order valence-corrected chi connectivity index (χ0v) is 8.11. The highest BCUT2D eigenvalue weighted by Gasteiger charge is 2.21. The number of nitrogens with zero attached hydrogens (tertiary/aromatic N) is 2. The van der Waals surface area contributed by atoms with Crippen molar-refractivity contribution in [2.45, 2.75) is 19.7 Å². The van der Waals surface area contributed by atoms with Crippen molar-refractivity contribution in [1.82, 2.24) is 26.0 Å². The highest BCUT2D eigenvalue weighted by Crippen LogP contribution is 2.11. The van der Waals surface area contributed by atoms with Crippen molar-refractivity contribution >= 4 is 5.91 Å². The minimum Gasteiger partial charge on any atom is -0.356 e. The number of carbonyl (C=O) groups excluding carboxylic acids is 1. The predicted octanol–water partition coefficient (Wildman–Crippen LogP) is -1.38. The third kappa shape index (κ3) is 1.96. The molecule has 1 aliphatic rings. The molecule has 1 aromatic heterocycles. The first-order chi connectivity index (χ1) is 7.16. The van der Waals surface area contributed by atoms with Crippen LogP contribution in [0.4, 0.5) is 0 Å². The summed E-state index contributed by atoms with van der Waals surface area (Å²) < 4.78 is 0. The lowest BCUT2D eigenvalue weighted by molar-refractivity contribution is -0.121. The maximum absolute atomic E-state index is 11.3. The van der Waals surface area contributed by atoms with Gasteiger partial charge in [0.25, 0.3) is 5.91 Å². The van der Waals surface area contributed by atoms with E-state index in [1.165, 1.54) is 0 Å². The highest BCUT2D eigenvalue weighted by atomic mass is 16.3. The zero-order valence-electron chi connectivity index (χ0n) is 8.11. The number of hydrogen-bond donors (Lipinski definition) is 4. The van der Waals surface area contributed by atoms with E-state index in [0.717, 1.165) is 0 Å². The molecule has 4 N–H and O–H groups in total. The molecular weight excluding hydrogens is 198 g/mol. The Kier molecular flexibility index (Phi) is 2.38. The van der Waals surface area contributed by atoms with Crippen LogP contribution < -0.4 is 10.6 Å². The minimum atomic E-state index is -1.04. The first-order valence-corrected chi connectivity index (χ1v) is 4.46. The zero-order chi connectivity index (χ0) is 10.8. The Hall–Kier alpha value is -1.89. The second-order valence-corrected chi connectivity index (χ2v) is 3.26. The van der Waals surface area contributed by atoms with Gasteiger partial charge < -0.3 is 15.7 Å². The van der Waals surface area contributed by atoms with Crippen LogP contribution in [0.1, 0.15) is 12.6 Å². The Morgan fingerprint density at radius 2 is 2.33 bits per heavy atom. The van der Waals surface area contributed by atoms with Crippen molar-refractivity contribution in [3.8, 4) is 0 Å². The van der Waals surface area contributed by atoms with Gasteiger partial charge in [-0.05, 0) is 6.92 Å². The van der Waals surface area contributed by atoms with E-state index in [1.807, 2.05) is 0 Å². The molecule has 0 saturated heterocycles. The third-order valence-electron chi connectivity index (χ3n) is 2.19. The SMILES string of the molecule is CC1=C(Cc2cn[nH]n2)NC(O)NC1=O. The lowest BCUT2D eigenvalue weighted by atomic mass is 10.1. The summed E-state index contributed by atoms with van der Waals surface area (Å²) in [5, 5.41) is 24.4. The Morgan fingerprint density at radius 1 is 1.53 bits per heavy atom. The van der Waals surface area contributed by atoms with Crippen LogP contribution in [-0.2, 0) is 11.2 Å². The van der Waals surface area contributed by atoms with Gasteiger partial charge in [0.2, 0.25) is 6.35 Å². The molecule has 15 heavy (non-hydrogen) atoms. The van der Waals surface area contributed by atoms with Crippen LogP contribution in [0.15, 0.2) is 17.5 Å². The third-order valence-corrected chi connectivity index (χ3v) is 2.19. The molecule has 0 radical (unpaired) electrons. The average Bonchev–Trinajstić information content (AvgIpc) is 2.66. The topological polar surface area (TPSA) is 103 Å². The molecule has 2 heterocycles. The molecule has 1 unspecified atom stereocenters. The molecule has 1 atom stereocenters. The van der Waals surface area contributed by atoms with Gasteiger partial charge >= 0.3 is 0 Å². The van der Waals surface area contributed by atoms with Crippen LogP contribution in [0, 0.1) is 0 Å². The molecule has 1 amide bonds. The van der Waals surface area contributed by atoms with Crippen LogP contribution in [-0.4, -0.2) is 32.8 Å². The number of carbonyl (C=O) groups is 1. The first-order valence-electron chi connectivity index (χ1n) is 4.46. The molecule has 0 bridgehead atoms. The Bertz CT molecular complexity index is 397. The maximum Gasteiger partial charge on any atom is 0.252 e. The van der Waals surface area contributed by atoms with E-state index in [4.69, 9.17) is 0 Å². The molecule has 80 valence electrons. The van der Waals surface area contributed by atoms with E-state index in [-0.39, 0.29) is 5.91 Å². The van der Waals surface area contributed by atoms with Gasteiger partial charge in [-0.1, -0.05) is 0 Å². The van der Waals surface area contributed by atoms with E-state index in [1.54, 1.807) is 13.1 Å². The Labute approximate surface area is 85.6 Å². The highest BCUT2D eigenvalue weighted by molar-refractivity contribution is 5.94. The number of aromatic amines is 1. The van der Waals surface area contributed by atoms with Crippen molar-refractivity contribution < 1.29 is 9.90 Å². The fourth-order valence-corrected chi connectivity index (χ4v) is 1.35. The second-order valence-electron chi connectivity index (χ2n) is 3.26. The van der Waals surface area contributed by atoms with Crippen LogP contribution in [0.5, 0.6) is 0 Å². The summed E-state index contributed by atoms with van der Waals surface area (Å²) in [6.07, 6.45) is 0.969. The van der Waals surface area contributed by atoms with Crippen molar-refractivity contribution in [3.05, 3.63) is 23.2 Å². The molecule has 1 aromatic rings. The van der Waals surface area contributed by atoms with Crippen molar-refractivity contribution in [2.75, 3.05) is 0 Å². The normalized spacial score (nSPS) is 21.2. The number of allylic oxidation sites excluding steroid dienone is 1. The molecule has 0 saturated carbocycles. The summed E-state index contributed by atoms with van der Waals surface area (Å²) in [5.41, 5.74) is 1.90. The molecule has 0 spiro atoms. The number of rotatable bonds is 2. The van der Waals surface area contributed by atoms with E-state index < -0.39 is 6.35 Å². The quantitative estimate of drug-likeness (QED) is 0.480. The molecular formula is C8H11N5O2. The van der Waals surface area contributed by atoms with Gasteiger partial charge in [-0.15, -0.1) is 0 Å². The first kappa shape index (κ1) is 9.66. The van der Waals surface area contributed by atoms with Crippen molar-refractivity contribution in [1.29, 1.82) is 0 Å². The van der Waals surface area contributed by atoms with Crippen molar-refractivity contribution in [3.63, 3.8) is 0 Å². The summed E-state index contributed by atoms with van der Waals surface area (Å²) in [6.45, 7) is 1.68. The molecule has 7 heteroatoms. The summed E-state index contributed by atoms with van der Waals surface area (Å²) in [7, 11) is 0. The van der Waals surface area contributed by atoms with Gasteiger partial charge in [-0.25, -0.2) is 0 Å². The van der Waals surface area contributed by atoms with Gasteiger partial charge in [-0.2, -0.15) is 15.4 Å². The number of amides is 1. The number of aromatic nitrogens is 3. The lowest BCUT2D eigenvalue weighted by Gasteiger charge is -2.24. The summed E-state index contributed by atoms with van der Waals surface area (Å²) in [6, 6.07) is 0. The van der Waals surface area contributed by atoms with E-state index in [9.17, 15) is 9.90 Å². The molecule has 1 aliphatic heterocycles. The van der Waals surface area contributed by atoms with Crippen LogP contribution in [0.25, 0.3) is 0 Å². The number of aliphatic hydroxyl groups is 1. The summed E-state index contributed by atoms with van der Waals surface area (Å²) >= 11 is 0. The number of aliphatic hydroxyl groups excluding tert-OH is 1. The lowest BCUT2D eigenvalue weighted by Crippen LogP contribution is -2.50. The second kappa shape index (κ2) is 3.70. The van der Waals surface area contributed by atoms with Gasteiger partial charge in [-0.3, -0.25) is 4.79 Å². The van der Waals surface area contributed by atoms with Crippen LogP contribution >= 0.6 is 0 Å². The van der Waals surface area contributed by atoms with Gasteiger partial charge in [0.15, 0.2) is 0 Å². The maximum atomic E-state index is 11.3. The molecule has 7 nitrogen and oxygen atoms in total. The number of H-pyrrole nitrogens is 1. The summed E-state index contributed by atoms with van der Waals surface area (Å²) in [4.78, 5) is 11.3. The molecule has 0 fully saturated rings. The number of nitrogens with one attached hydrogen (secondary N) is 3. The summed E-state index contributed by atoms with van der Waals surface area (Å²) in [5.74, 6) is -0.278. The predicted molar refractivity (Wildman–Crippen MR) is 50.1 cm³/mol. The Balaban J connectivity index is 2.20. The van der Waals surface area contributed by atoms with Crippen LogP contribution in [0.3, 0.4) is 0 Å². The fraction of sp³-hybridized carbons (Fsp3) is 0.375. The van der Waals surface area contributed by atoms with E-state index in [2.05, 4.69) is 26.0 Å². The van der Waals surface area contributed by atoms with Crippen molar-refractivity contribution in [2.24, 2.45) is 0 Å². The fourth-order valence-electron chi connectivity index (χ4n) is 1.35. The van der Waals surface area contributed by atoms with E-state index in [0.29, 0.717) is 23.4 Å². The van der Waals surface area contributed by atoms with E-state index >= 15 is 0 Å².